The Kier molecular flexibility index (Phi) is 7.01. The first-order chi connectivity index (χ1) is 9.03. The standard InChI is InChI=1S/C11H17F3N2O4/c1-7(2)16(4-3-10(19)20)9(18)5-8(17)15-6-11(12,13)14/h7H,3-6H2,1-2H3,(H,15,17)(H,19,20). The minimum absolute atomic E-state index is 0.0988. The Balaban J connectivity index is 4.38. The number of carboxylic acid groups (broad SMARTS) is 1. The zero-order chi connectivity index (χ0) is 15.9. The van der Waals surface area contributed by atoms with Gasteiger partial charge in [-0.1, -0.05) is 0 Å². The average molecular weight is 298 g/mol. The van der Waals surface area contributed by atoms with Crippen molar-refractivity contribution < 1.29 is 32.7 Å². The third-order valence-electron chi connectivity index (χ3n) is 2.31. The van der Waals surface area contributed by atoms with E-state index in [4.69, 9.17) is 5.11 Å². The summed E-state index contributed by atoms with van der Waals surface area (Å²) >= 11 is 0. The lowest BCUT2D eigenvalue weighted by molar-refractivity contribution is -0.144. The number of carboxylic acids is 1. The molecule has 0 aliphatic carbocycles. The van der Waals surface area contributed by atoms with Gasteiger partial charge in [0.15, 0.2) is 0 Å². The van der Waals surface area contributed by atoms with Gasteiger partial charge >= 0.3 is 12.1 Å². The fourth-order valence-electron chi connectivity index (χ4n) is 1.39. The van der Waals surface area contributed by atoms with Gasteiger partial charge < -0.3 is 15.3 Å². The summed E-state index contributed by atoms with van der Waals surface area (Å²) in [6.45, 7) is 1.63. The van der Waals surface area contributed by atoms with Crippen molar-refractivity contribution in [2.24, 2.45) is 0 Å². The van der Waals surface area contributed by atoms with Gasteiger partial charge in [-0.25, -0.2) is 0 Å². The third kappa shape index (κ3) is 8.33. The first kappa shape index (κ1) is 18.2. The van der Waals surface area contributed by atoms with E-state index >= 15 is 0 Å². The maximum absolute atomic E-state index is 11.9. The molecular weight excluding hydrogens is 281 g/mol. The number of carbonyl (C=O) groups is 3. The molecule has 0 aromatic rings. The molecule has 0 aliphatic heterocycles. The number of amides is 2. The van der Waals surface area contributed by atoms with Gasteiger partial charge in [0.25, 0.3) is 0 Å². The lowest BCUT2D eigenvalue weighted by Crippen LogP contribution is -2.42. The predicted molar refractivity (Wildman–Crippen MR) is 62.8 cm³/mol. The highest BCUT2D eigenvalue weighted by atomic mass is 19.4. The van der Waals surface area contributed by atoms with Crippen LogP contribution in [-0.2, 0) is 14.4 Å². The molecule has 0 saturated heterocycles. The minimum Gasteiger partial charge on any atom is -0.481 e. The number of nitrogens with zero attached hydrogens (tertiary/aromatic N) is 1. The maximum atomic E-state index is 11.9. The molecule has 0 aromatic carbocycles. The van der Waals surface area contributed by atoms with Crippen molar-refractivity contribution in [1.82, 2.24) is 10.2 Å². The monoisotopic (exact) mass is 298 g/mol. The van der Waals surface area contributed by atoms with Crippen molar-refractivity contribution in [3.05, 3.63) is 0 Å². The van der Waals surface area contributed by atoms with Crippen LogP contribution in [0.2, 0.25) is 0 Å². The molecular formula is C11H17F3N2O4. The molecule has 0 saturated carbocycles. The third-order valence-corrected chi connectivity index (χ3v) is 2.31. The molecule has 0 radical (unpaired) electrons. The summed E-state index contributed by atoms with van der Waals surface area (Å²) in [5, 5.41) is 10.1. The number of nitrogens with one attached hydrogen (secondary N) is 1. The highest BCUT2D eigenvalue weighted by Gasteiger charge is 2.28. The fraction of sp³-hybridized carbons (Fsp3) is 0.727. The lowest BCUT2D eigenvalue weighted by Gasteiger charge is -2.26. The molecule has 20 heavy (non-hydrogen) atoms. The van der Waals surface area contributed by atoms with Crippen LogP contribution >= 0.6 is 0 Å². The molecule has 0 aromatic heterocycles. The molecule has 0 rings (SSSR count). The second-order valence-corrected chi connectivity index (χ2v) is 4.39. The molecule has 0 atom stereocenters. The molecule has 0 aliphatic rings. The van der Waals surface area contributed by atoms with Gasteiger partial charge in [-0.15, -0.1) is 0 Å². The summed E-state index contributed by atoms with van der Waals surface area (Å²) in [5.41, 5.74) is 0. The first-order valence-electron chi connectivity index (χ1n) is 5.87. The van der Waals surface area contributed by atoms with Crippen molar-refractivity contribution >= 4 is 17.8 Å². The summed E-state index contributed by atoms with van der Waals surface area (Å²) in [4.78, 5) is 34.5. The SMILES string of the molecule is CC(C)N(CCC(=O)O)C(=O)CC(=O)NCC(F)(F)F. The predicted octanol–water partition coefficient (Wildman–Crippen LogP) is 0.767. The van der Waals surface area contributed by atoms with Gasteiger partial charge in [-0.2, -0.15) is 13.2 Å². The zero-order valence-corrected chi connectivity index (χ0v) is 11.2. The average Bonchev–Trinajstić information content (AvgIpc) is 2.24. The summed E-state index contributed by atoms with van der Waals surface area (Å²) in [6.07, 6.45) is -5.58. The molecule has 0 unspecified atom stereocenters. The van der Waals surface area contributed by atoms with Crippen molar-refractivity contribution in [3.8, 4) is 0 Å². The summed E-state index contributed by atoms with van der Waals surface area (Å²) in [5.74, 6) is -2.86. The second-order valence-electron chi connectivity index (χ2n) is 4.39. The van der Waals surface area contributed by atoms with Gasteiger partial charge in [-0.05, 0) is 13.8 Å². The molecule has 0 heterocycles. The van der Waals surface area contributed by atoms with Crippen LogP contribution in [0, 0.1) is 0 Å². The Labute approximate surface area is 113 Å². The van der Waals surface area contributed by atoms with E-state index in [2.05, 4.69) is 0 Å². The Hall–Kier alpha value is -1.80. The molecule has 0 fully saturated rings. The van der Waals surface area contributed by atoms with E-state index < -0.39 is 36.9 Å². The van der Waals surface area contributed by atoms with E-state index in [9.17, 15) is 27.6 Å². The smallest absolute Gasteiger partial charge is 0.405 e. The van der Waals surface area contributed by atoms with Crippen LogP contribution in [-0.4, -0.2) is 53.1 Å². The van der Waals surface area contributed by atoms with Crippen LogP contribution in [0.3, 0.4) is 0 Å². The van der Waals surface area contributed by atoms with Gasteiger partial charge in [0.1, 0.15) is 13.0 Å². The Morgan fingerprint density at radius 3 is 2.20 bits per heavy atom. The molecule has 2 amide bonds. The molecule has 2 N–H and O–H groups in total. The molecule has 9 heteroatoms. The highest BCUT2D eigenvalue weighted by molar-refractivity contribution is 5.97. The van der Waals surface area contributed by atoms with E-state index in [1.54, 1.807) is 19.2 Å². The van der Waals surface area contributed by atoms with Gasteiger partial charge in [0.05, 0.1) is 6.42 Å². The van der Waals surface area contributed by atoms with Gasteiger partial charge in [0, 0.05) is 12.6 Å². The molecule has 6 nitrogen and oxygen atoms in total. The number of halogens is 3. The number of hydrogen-bond acceptors (Lipinski definition) is 3. The molecule has 0 bridgehead atoms. The van der Waals surface area contributed by atoms with E-state index in [-0.39, 0.29) is 19.0 Å². The Morgan fingerprint density at radius 2 is 1.80 bits per heavy atom. The summed E-state index contributed by atoms with van der Waals surface area (Å²) in [6, 6.07) is -0.350. The van der Waals surface area contributed by atoms with Crippen molar-refractivity contribution in [2.75, 3.05) is 13.1 Å². The number of alkyl halides is 3. The summed E-state index contributed by atoms with van der Waals surface area (Å²) < 4.78 is 35.6. The first-order valence-corrected chi connectivity index (χ1v) is 5.87. The maximum Gasteiger partial charge on any atom is 0.405 e. The number of hydrogen-bond donors (Lipinski definition) is 2. The van der Waals surface area contributed by atoms with E-state index in [0.29, 0.717) is 0 Å². The topological polar surface area (TPSA) is 86.7 Å². The van der Waals surface area contributed by atoms with Crippen LogP contribution in [0.15, 0.2) is 0 Å². The minimum atomic E-state index is -4.54. The molecule has 116 valence electrons. The van der Waals surface area contributed by atoms with Gasteiger partial charge in [-0.3, -0.25) is 14.4 Å². The Bertz CT molecular complexity index is 369. The quantitative estimate of drug-likeness (QED) is 0.680. The van der Waals surface area contributed by atoms with Crippen molar-refractivity contribution in [1.29, 1.82) is 0 Å². The highest BCUT2D eigenvalue weighted by Crippen LogP contribution is 2.12. The second kappa shape index (κ2) is 7.71. The lowest BCUT2D eigenvalue weighted by atomic mass is 10.2. The normalized spacial score (nSPS) is 11.3. The summed E-state index contributed by atoms with van der Waals surface area (Å²) in [7, 11) is 0. The van der Waals surface area contributed by atoms with E-state index in [0.717, 1.165) is 4.90 Å². The van der Waals surface area contributed by atoms with Crippen LogP contribution in [0.1, 0.15) is 26.7 Å². The van der Waals surface area contributed by atoms with Crippen LogP contribution < -0.4 is 5.32 Å². The van der Waals surface area contributed by atoms with E-state index in [1.807, 2.05) is 0 Å². The van der Waals surface area contributed by atoms with Crippen molar-refractivity contribution in [3.63, 3.8) is 0 Å². The van der Waals surface area contributed by atoms with Crippen LogP contribution in [0.5, 0.6) is 0 Å². The van der Waals surface area contributed by atoms with Gasteiger partial charge in [0.2, 0.25) is 11.8 Å². The largest absolute Gasteiger partial charge is 0.481 e. The van der Waals surface area contributed by atoms with Crippen molar-refractivity contribution in [2.45, 2.75) is 38.9 Å². The fourth-order valence-corrected chi connectivity index (χ4v) is 1.39. The molecule has 0 spiro atoms. The number of rotatable bonds is 7. The number of aliphatic carboxylic acids is 1. The van der Waals surface area contributed by atoms with E-state index in [1.165, 1.54) is 0 Å². The van der Waals surface area contributed by atoms with Crippen LogP contribution in [0.25, 0.3) is 0 Å². The van der Waals surface area contributed by atoms with Crippen LogP contribution in [0.4, 0.5) is 13.2 Å². The Morgan fingerprint density at radius 1 is 1.25 bits per heavy atom. The number of carbonyl (C=O) groups excluding carboxylic acids is 2. The zero-order valence-electron chi connectivity index (χ0n) is 11.2.